The van der Waals surface area contributed by atoms with Crippen molar-refractivity contribution in [1.82, 2.24) is 24.7 Å². The highest BCUT2D eigenvalue weighted by Crippen LogP contribution is 2.39. The highest BCUT2D eigenvalue weighted by atomic mass is 31.2. The quantitative estimate of drug-likeness (QED) is 0.0619. The van der Waals surface area contributed by atoms with Crippen LogP contribution in [0.1, 0.15) is 36.9 Å². The van der Waals surface area contributed by atoms with E-state index in [2.05, 4.69) is 24.6 Å². The molecule has 258 valence electrons. The van der Waals surface area contributed by atoms with Crippen LogP contribution in [0.2, 0.25) is 0 Å². The topological polar surface area (TPSA) is 159 Å². The van der Waals surface area contributed by atoms with Crippen LogP contribution in [-0.4, -0.2) is 60.3 Å². The summed E-state index contributed by atoms with van der Waals surface area (Å²) in [5.74, 6) is -3.29. The Balaban J connectivity index is 1.49. The van der Waals surface area contributed by atoms with Gasteiger partial charge >= 0.3 is 20.0 Å². The summed E-state index contributed by atoms with van der Waals surface area (Å²) < 4.78 is 97.5. The van der Waals surface area contributed by atoms with Crippen LogP contribution in [0.3, 0.4) is 0 Å². The van der Waals surface area contributed by atoms with E-state index in [0.29, 0.717) is 6.42 Å². The SMILES string of the molecule is CCCOc1ccc(-c2ccc(C(C(=O)OCCCOP(=O)(O)O)n3cc4nc(-c5cccc(F)c5F)nc-4cn3)cn2)c(C(F)(F)F)c1. The summed E-state index contributed by atoms with van der Waals surface area (Å²) in [5.41, 5.74) is -1.04. The summed E-state index contributed by atoms with van der Waals surface area (Å²) >= 11 is 0. The van der Waals surface area contributed by atoms with E-state index >= 15 is 0 Å². The molecular weight excluding hydrogens is 680 g/mol. The predicted molar refractivity (Wildman–Crippen MR) is 162 cm³/mol. The van der Waals surface area contributed by atoms with Crippen molar-refractivity contribution in [3.63, 3.8) is 0 Å². The molecule has 0 radical (unpaired) electrons. The summed E-state index contributed by atoms with van der Waals surface area (Å²) in [5, 5.41) is 4.22. The van der Waals surface area contributed by atoms with Gasteiger partial charge in [0.25, 0.3) is 0 Å². The fraction of sp³-hybridized carbons (Fsp3) is 0.258. The first-order valence-corrected chi connectivity index (χ1v) is 16.1. The van der Waals surface area contributed by atoms with Crippen LogP contribution in [0, 0.1) is 11.6 Å². The lowest BCUT2D eigenvalue weighted by Gasteiger charge is -2.20. The first-order chi connectivity index (χ1) is 23.2. The molecule has 0 aliphatic carbocycles. The van der Waals surface area contributed by atoms with Crippen LogP contribution < -0.4 is 4.74 Å². The number of carbonyl (C=O) groups excluding carboxylic acids is 1. The number of aromatic nitrogens is 5. The van der Waals surface area contributed by atoms with E-state index in [1.807, 2.05) is 6.92 Å². The van der Waals surface area contributed by atoms with E-state index in [1.54, 1.807) is 0 Å². The molecule has 0 amide bonds. The first-order valence-electron chi connectivity index (χ1n) is 14.6. The van der Waals surface area contributed by atoms with E-state index in [9.17, 15) is 31.3 Å². The molecule has 49 heavy (non-hydrogen) atoms. The van der Waals surface area contributed by atoms with Gasteiger partial charge in [-0.25, -0.2) is 28.1 Å². The number of alkyl halides is 3. The molecule has 2 N–H and O–H groups in total. The van der Waals surface area contributed by atoms with Gasteiger partial charge in [-0.05, 0) is 42.8 Å². The number of halogens is 5. The van der Waals surface area contributed by atoms with Crippen molar-refractivity contribution in [3.05, 3.63) is 89.9 Å². The third-order valence-electron chi connectivity index (χ3n) is 6.90. The van der Waals surface area contributed by atoms with Crippen LogP contribution >= 0.6 is 7.82 Å². The Kier molecular flexibility index (Phi) is 10.7. The van der Waals surface area contributed by atoms with Gasteiger partial charge in [-0.3, -0.25) is 14.2 Å². The largest absolute Gasteiger partial charge is 0.494 e. The third-order valence-corrected chi connectivity index (χ3v) is 7.42. The Morgan fingerprint density at radius 2 is 1.73 bits per heavy atom. The van der Waals surface area contributed by atoms with E-state index < -0.39 is 49.8 Å². The summed E-state index contributed by atoms with van der Waals surface area (Å²) in [6.07, 6.45) is -0.550. The van der Waals surface area contributed by atoms with Crippen LogP contribution in [-0.2, 0) is 24.8 Å². The van der Waals surface area contributed by atoms with Crippen molar-refractivity contribution < 1.29 is 55.1 Å². The van der Waals surface area contributed by atoms with E-state index in [0.717, 1.165) is 16.8 Å². The fourth-order valence-electron chi connectivity index (χ4n) is 4.68. The second kappa shape index (κ2) is 14.7. The molecule has 0 spiro atoms. The highest BCUT2D eigenvalue weighted by molar-refractivity contribution is 7.46. The molecule has 0 saturated carbocycles. The van der Waals surface area contributed by atoms with E-state index in [-0.39, 0.29) is 65.0 Å². The van der Waals surface area contributed by atoms with Gasteiger partial charge in [0.2, 0.25) is 0 Å². The maximum Gasteiger partial charge on any atom is 0.469 e. The van der Waals surface area contributed by atoms with Gasteiger partial charge in [0, 0.05) is 23.7 Å². The van der Waals surface area contributed by atoms with Gasteiger partial charge in [0.15, 0.2) is 23.5 Å². The van der Waals surface area contributed by atoms with Gasteiger partial charge in [0.05, 0.1) is 49.0 Å². The zero-order valence-electron chi connectivity index (χ0n) is 25.5. The van der Waals surface area contributed by atoms with Crippen molar-refractivity contribution in [2.45, 2.75) is 32.0 Å². The standard InChI is InChI=1S/C31H27F5N5O7P/c1-2-11-46-19-8-9-20(22(14-19)31(34,35)36)24-10-7-18(15-37-24)28(30(42)47-12-4-13-48-49(43,44)45)41-17-26-25(16-38-41)39-29(40-26)21-5-3-6-23(32)27(21)33/h3,5-10,14-17,28H,2,4,11-13H2,1H3,(H2,43,44,45). The number of hydrogen-bond donors (Lipinski definition) is 2. The van der Waals surface area contributed by atoms with Gasteiger partial charge in [-0.15, -0.1) is 0 Å². The van der Waals surface area contributed by atoms with Crippen molar-refractivity contribution >= 4 is 13.8 Å². The second-order valence-corrected chi connectivity index (χ2v) is 11.7. The molecule has 12 nitrogen and oxygen atoms in total. The molecule has 1 aromatic heterocycles. The summed E-state index contributed by atoms with van der Waals surface area (Å²) in [6, 6.07) is 8.27. The average Bonchev–Trinajstić information content (AvgIpc) is 3.48. The number of carbonyl (C=O) groups is 1. The number of pyridine rings is 1. The Bertz CT molecular complexity index is 1950. The van der Waals surface area contributed by atoms with Gasteiger partial charge in [-0.2, -0.15) is 18.3 Å². The van der Waals surface area contributed by atoms with Gasteiger partial charge in [0.1, 0.15) is 17.1 Å². The second-order valence-electron chi connectivity index (χ2n) is 10.5. The zero-order valence-corrected chi connectivity index (χ0v) is 26.4. The number of nitrogens with zero attached hydrogens (tertiary/aromatic N) is 5. The number of phosphoric acid groups is 1. The lowest BCUT2D eigenvalue weighted by molar-refractivity contribution is -0.147. The molecule has 2 aromatic carbocycles. The number of benzene rings is 2. The number of fused-ring (bicyclic) bond motifs is 1. The number of imidazole rings is 1. The van der Waals surface area contributed by atoms with Gasteiger partial charge < -0.3 is 19.3 Å². The normalized spacial score (nSPS) is 12.7. The number of ether oxygens (including phenoxy) is 2. The third kappa shape index (κ3) is 8.61. The molecule has 2 aliphatic rings. The molecule has 18 heteroatoms. The van der Waals surface area contributed by atoms with Crippen molar-refractivity contribution in [2.24, 2.45) is 0 Å². The summed E-state index contributed by atoms with van der Waals surface area (Å²) in [4.78, 5) is 43.8. The fourth-order valence-corrected chi connectivity index (χ4v) is 5.05. The van der Waals surface area contributed by atoms with E-state index in [4.69, 9.17) is 19.3 Å². The van der Waals surface area contributed by atoms with Crippen molar-refractivity contribution in [1.29, 1.82) is 0 Å². The number of rotatable bonds is 13. The molecular formula is C31H27F5N5O7P. The summed E-state index contributed by atoms with van der Waals surface area (Å²) in [7, 11) is -4.74. The first kappa shape index (κ1) is 35.5. The van der Waals surface area contributed by atoms with Crippen molar-refractivity contribution in [3.8, 4) is 39.8 Å². The minimum atomic E-state index is -4.74. The maximum absolute atomic E-state index is 14.4. The molecule has 0 fully saturated rings. The van der Waals surface area contributed by atoms with Crippen LogP contribution in [0.5, 0.6) is 5.75 Å². The molecule has 0 saturated heterocycles. The molecule has 2 aliphatic heterocycles. The Hall–Kier alpha value is -4.83. The van der Waals surface area contributed by atoms with Gasteiger partial charge in [-0.1, -0.05) is 19.1 Å². The monoisotopic (exact) mass is 707 g/mol. The maximum atomic E-state index is 14.4. The Morgan fingerprint density at radius 1 is 0.959 bits per heavy atom. The number of esters is 1. The molecule has 3 heterocycles. The van der Waals surface area contributed by atoms with Crippen LogP contribution in [0.4, 0.5) is 22.0 Å². The molecule has 5 rings (SSSR count). The Labute approximate surface area is 275 Å². The number of hydrogen-bond acceptors (Lipinski definition) is 9. The smallest absolute Gasteiger partial charge is 0.469 e. The molecule has 1 atom stereocenters. The Morgan fingerprint density at radius 3 is 2.43 bits per heavy atom. The lowest BCUT2D eigenvalue weighted by atomic mass is 10.0. The summed E-state index contributed by atoms with van der Waals surface area (Å²) in [6.45, 7) is 1.29. The molecule has 0 bridgehead atoms. The lowest BCUT2D eigenvalue weighted by Crippen LogP contribution is -2.26. The minimum Gasteiger partial charge on any atom is -0.494 e. The highest BCUT2D eigenvalue weighted by Gasteiger charge is 2.35. The molecule has 1 unspecified atom stereocenters. The van der Waals surface area contributed by atoms with Crippen LogP contribution in [0.25, 0.3) is 34.0 Å². The minimum absolute atomic E-state index is 0.0420. The number of phosphoric ester groups is 1. The average molecular weight is 708 g/mol. The van der Waals surface area contributed by atoms with E-state index in [1.165, 1.54) is 55.0 Å². The molecule has 3 aromatic rings. The van der Waals surface area contributed by atoms with Crippen LogP contribution in [0.15, 0.2) is 67.1 Å². The predicted octanol–water partition coefficient (Wildman–Crippen LogP) is 6.22. The van der Waals surface area contributed by atoms with Crippen molar-refractivity contribution in [2.75, 3.05) is 19.8 Å². The zero-order chi connectivity index (χ0) is 35.3.